The van der Waals surface area contributed by atoms with Crippen LogP contribution in [0.5, 0.6) is 0 Å². The maximum Gasteiger partial charge on any atom is 0.148 e. The first-order valence-corrected chi connectivity index (χ1v) is 7.11. The molecular formula is C16H17N5O. The van der Waals surface area contributed by atoms with Crippen molar-refractivity contribution in [2.75, 3.05) is 36.9 Å². The first kappa shape index (κ1) is 14.3. The molecule has 2 aromatic rings. The molecule has 0 aliphatic carbocycles. The average molecular weight is 295 g/mol. The molecular weight excluding hydrogens is 278 g/mol. The van der Waals surface area contributed by atoms with Crippen molar-refractivity contribution in [3.63, 3.8) is 0 Å². The highest BCUT2D eigenvalue weighted by molar-refractivity contribution is 5.59. The summed E-state index contributed by atoms with van der Waals surface area (Å²) in [6, 6.07) is 1.80. The summed E-state index contributed by atoms with van der Waals surface area (Å²) < 4.78 is 5.39. The maximum atomic E-state index is 5.73. The Bertz CT molecular complexity index is 729. The summed E-state index contributed by atoms with van der Waals surface area (Å²) in [7, 11) is 0. The second-order valence-electron chi connectivity index (χ2n) is 5.01. The maximum absolute atomic E-state index is 5.73. The Labute approximate surface area is 129 Å². The summed E-state index contributed by atoms with van der Waals surface area (Å²) in [5, 5.41) is 0. The highest BCUT2D eigenvalue weighted by Crippen LogP contribution is 2.19. The lowest BCUT2D eigenvalue weighted by Gasteiger charge is -2.28. The molecule has 2 N–H and O–H groups in total. The molecule has 0 amide bonds. The number of rotatable bonds is 1. The lowest BCUT2D eigenvalue weighted by molar-refractivity contribution is 0.122. The Morgan fingerprint density at radius 1 is 1.18 bits per heavy atom. The van der Waals surface area contributed by atoms with Crippen molar-refractivity contribution >= 4 is 11.5 Å². The Morgan fingerprint density at radius 2 is 2.00 bits per heavy atom. The van der Waals surface area contributed by atoms with E-state index in [0.717, 1.165) is 35.7 Å². The van der Waals surface area contributed by atoms with Crippen molar-refractivity contribution in [3.05, 3.63) is 41.6 Å². The number of aromatic nitrogens is 3. The van der Waals surface area contributed by atoms with Gasteiger partial charge >= 0.3 is 0 Å². The van der Waals surface area contributed by atoms with E-state index in [2.05, 4.69) is 31.7 Å². The van der Waals surface area contributed by atoms with Gasteiger partial charge in [-0.15, -0.1) is 0 Å². The smallest absolute Gasteiger partial charge is 0.148 e. The molecule has 0 bridgehead atoms. The molecule has 0 unspecified atom stereocenters. The van der Waals surface area contributed by atoms with E-state index >= 15 is 0 Å². The summed E-state index contributed by atoms with van der Waals surface area (Å²) >= 11 is 0. The first-order valence-electron chi connectivity index (χ1n) is 7.11. The molecule has 0 saturated carbocycles. The molecule has 1 aliphatic heterocycles. The fourth-order valence-corrected chi connectivity index (χ4v) is 2.28. The van der Waals surface area contributed by atoms with Gasteiger partial charge in [-0.2, -0.15) is 0 Å². The molecule has 112 valence electrons. The zero-order valence-electron chi connectivity index (χ0n) is 12.4. The van der Waals surface area contributed by atoms with Crippen LogP contribution in [0.2, 0.25) is 0 Å². The number of nitrogen functional groups attached to an aromatic ring is 1. The number of anilines is 2. The van der Waals surface area contributed by atoms with Crippen molar-refractivity contribution in [2.45, 2.75) is 6.92 Å². The molecule has 1 fully saturated rings. The first-order chi connectivity index (χ1) is 10.7. The minimum absolute atomic E-state index is 0.598. The Hall–Kier alpha value is -2.65. The van der Waals surface area contributed by atoms with E-state index in [-0.39, 0.29) is 0 Å². The Morgan fingerprint density at radius 3 is 2.77 bits per heavy atom. The third kappa shape index (κ3) is 3.15. The minimum Gasteiger partial charge on any atom is -0.397 e. The van der Waals surface area contributed by atoms with Gasteiger partial charge < -0.3 is 15.4 Å². The van der Waals surface area contributed by atoms with Crippen molar-refractivity contribution in [1.29, 1.82) is 0 Å². The van der Waals surface area contributed by atoms with Gasteiger partial charge in [0.05, 0.1) is 30.2 Å². The van der Waals surface area contributed by atoms with Crippen LogP contribution in [0.3, 0.4) is 0 Å². The van der Waals surface area contributed by atoms with Gasteiger partial charge in [0.15, 0.2) is 0 Å². The summed E-state index contributed by atoms with van der Waals surface area (Å²) in [4.78, 5) is 14.9. The standard InChI is InChI=1S/C16H17N5O/c1-12-15(3-2-13-8-14(17)10-18-9-13)16(20-11-19-12)21-4-6-22-7-5-21/h8-11H,4-7,17H2,1H3. The van der Waals surface area contributed by atoms with Gasteiger partial charge in [-0.1, -0.05) is 11.8 Å². The predicted molar refractivity (Wildman–Crippen MR) is 84.4 cm³/mol. The van der Waals surface area contributed by atoms with E-state index < -0.39 is 0 Å². The number of nitrogens with zero attached hydrogens (tertiary/aromatic N) is 4. The summed E-state index contributed by atoms with van der Waals surface area (Å²) in [5.74, 6) is 7.12. The van der Waals surface area contributed by atoms with Crippen molar-refractivity contribution < 1.29 is 4.74 Å². The van der Waals surface area contributed by atoms with Crippen LogP contribution in [0.1, 0.15) is 16.8 Å². The molecule has 6 heteroatoms. The van der Waals surface area contributed by atoms with Gasteiger partial charge in [0.25, 0.3) is 0 Å². The third-order valence-electron chi connectivity index (χ3n) is 3.42. The molecule has 0 aromatic carbocycles. The van der Waals surface area contributed by atoms with Gasteiger partial charge in [-0.3, -0.25) is 4.98 Å². The Kier molecular flexibility index (Phi) is 4.17. The van der Waals surface area contributed by atoms with Crippen LogP contribution >= 0.6 is 0 Å². The zero-order chi connectivity index (χ0) is 15.4. The van der Waals surface area contributed by atoms with Crippen LogP contribution in [0.4, 0.5) is 11.5 Å². The SMILES string of the molecule is Cc1ncnc(N2CCOCC2)c1C#Cc1cncc(N)c1. The average Bonchev–Trinajstić information content (AvgIpc) is 2.54. The van der Waals surface area contributed by atoms with Gasteiger partial charge in [0.1, 0.15) is 12.1 Å². The highest BCUT2D eigenvalue weighted by Gasteiger charge is 2.17. The van der Waals surface area contributed by atoms with Crippen LogP contribution in [0.25, 0.3) is 0 Å². The summed E-state index contributed by atoms with van der Waals surface area (Å²) in [5.41, 5.74) is 8.80. The van der Waals surface area contributed by atoms with Crippen LogP contribution in [0, 0.1) is 18.8 Å². The van der Waals surface area contributed by atoms with Gasteiger partial charge in [0.2, 0.25) is 0 Å². The van der Waals surface area contributed by atoms with Crippen molar-refractivity contribution in [2.24, 2.45) is 0 Å². The van der Waals surface area contributed by atoms with E-state index in [1.54, 1.807) is 24.8 Å². The van der Waals surface area contributed by atoms with Gasteiger partial charge in [-0.25, -0.2) is 9.97 Å². The molecule has 1 saturated heterocycles. The molecule has 3 heterocycles. The third-order valence-corrected chi connectivity index (χ3v) is 3.42. The lowest BCUT2D eigenvalue weighted by atomic mass is 10.2. The highest BCUT2D eigenvalue weighted by atomic mass is 16.5. The number of ether oxygens (including phenoxy) is 1. The van der Waals surface area contributed by atoms with E-state index in [9.17, 15) is 0 Å². The monoisotopic (exact) mass is 295 g/mol. The Balaban J connectivity index is 1.96. The predicted octanol–water partition coefficient (Wildman–Crippen LogP) is 0.999. The topological polar surface area (TPSA) is 77.2 Å². The molecule has 0 atom stereocenters. The van der Waals surface area contributed by atoms with E-state index in [1.165, 1.54) is 0 Å². The molecule has 6 nitrogen and oxygen atoms in total. The number of morpholine rings is 1. The normalized spacial score (nSPS) is 14.3. The van der Waals surface area contributed by atoms with Gasteiger partial charge in [-0.05, 0) is 13.0 Å². The van der Waals surface area contributed by atoms with E-state index in [4.69, 9.17) is 10.5 Å². The summed E-state index contributed by atoms with van der Waals surface area (Å²) in [6.07, 6.45) is 4.87. The number of hydrogen-bond donors (Lipinski definition) is 1. The fourth-order valence-electron chi connectivity index (χ4n) is 2.28. The fraction of sp³-hybridized carbons (Fsp3) is 0.312. The summed E-state index contributed by atoms with van der Waals surface area (Å²) in [6.45, 7) is 4.97. The minimum atomic E-state index is 0.598. The quantitative estimate of drug-likeness (QED) is 0.791. The largest absolute Gasteiger partial charge is 0.397 e. The number of nitrogens with two attached hydrogens (primary N) is 1. The second-order valence-corrected chi connectivity index (χ2v) is 5.01. The van der Waals surface area contributed by atoms with Crippen LogP contribution in [0.15, 0.2) is 24.8 Å². The van der Waals surface area contributed by atoms with E-state index in [1.807, 2.05) is 6.92 Å². The van der Waals surface area contributed by atoms with Crippen molar-refractivity contribution in [1.82, 2.24) is 15.0 Å². The number of aryl methyl sites for hydroxylation is 1. The van der Waals surface area contributed by atoms with Crippen LogP contribution < -0.4 is 10.6 Å². The molecule has 2 aromatic heterocycles. The molecule has 1 aliphatic rings. The molecule has 3 rings (SSSR count). The van der Waals surface area contributed by atoms with Crippen LogP contribution in [-0.4, -0.2) is 41.3 Å². The molecule has 0 radical (unpaired) electrons. The number of pyridine rings is 1. The number of hydrogen-bond acceptors (Lipinski definition) is 6. The molecule has 0 spiro atoms. The molecule has 22 heavy (non-hydrogen) atoms. The van der Waals surface area contributed by atoms with Crippen molar-refractivity contribution in [3.8, 4) is 11.8 Å². The lowest BCUT2D eigenvalue weighted by Crippen LogP contribution is -2.37. The van der Waals surface area contributed by atoms with Gasteiger partial charge in [0, 0.05) is 31.0 Å². The zero-order valence-corrected chi connectivity index (χ0v) is 12.4. The van der Waals surface area contributed by atoms with Crippen LogP contribution in [-0.2, 0) is 4.74 Å². The second kappa shape index (κ2) is 6.41. The van der Waals surface area contributed by atoms with E-state index in [0.29, 0.717) is 18.9 Å².